The van der Waals surface area contributed by atoms with Crippen LogP contribution in [0.5, 0.6) is 0 Å². The molecule has 3 heteroatoms. The number of rotatable bonds is 4. The molecule has 0 saturated heterocycles. The van der Waals surface area contributed by atoms with Crippen molar-refractivity contribution in [1.29, 1.82) is 0 Å². The molecular weight excluding hydrogens is 294 g/mol. The highest BCUT2D eigenvalue weighted by Gasteiger charge is 2.22. The van der Waals surface area contributed by atoms with Gasteiger partial charge >= 0.3 is 0 Å². The lowest BCUT2D eigenvalue weighted by Gasteiger charge is -2.30. The van der Waals surface area contributed by atoms with Gasteiger partial charge in [-0.25, -0.2) is 0 Å². The second-order valence-corrected chi connectivity index (χ2v) is 7.09. The van der Waals surface area contributed by atoms with E-state index in [1.807, 2.05) is 11.3 Å². The Labute approximate surface area is 117 Å². The monoisotopic (exact) mass is 315 g/mol. The number of hydrogen-bond donors (Lipinski definition) is 1. The van der Waals surface area contributed by atoms with Gasteiger partial charge in [-0.15, -0.1) is 11.3 Å². The molecule has 1 N–H and O–H groups in total. The zero-order chi connectivity index (χ0) is 12.3. The molecule has 0 spiro atoms. The van der Waals surface area contributed by atoms with Crippen molar-refractivity contribution in [1.82, 2.24) is 5.32 Å². The predicted molar refractivity (Wildman–Crippen MR) is 79.6 cm³/mol. The Morgan fingerprint density at radius 2 is 2.24 bits per heavy atom. The third kappa shape index (κ3) is 3.55. The summed E-state index contributed by atoms with van der Waals surface area (Å²) in [6.07, 6.45) is 5.69. The molecule has 1 fully saturated rings. The summed E-state index contributed by atoms with van der Waals surface area (Å²) in [4.78, 5) is 1.42. The van der Waals surface area contributed by atoms with Crippen molar-refractivity contribution in [2.24, 2.45) is 11.8 Å². The molecule has 1 saturated carbocycles. The fourth-order valence-electron chi connectivity index (χ4n) is 2.73. The molecule has 1 aliphatic rings. The topological polar surface area (TPSA) is 12.0 Å². The Morgan fingerprint density at radius 3 is 2.88 bits per heavy atom. The van der Waals surface area contributed by atoms with Crippen molar-refractivity contribution >= 4 is 27.3 Å². The summed E-state index contributed by atoms with van der Waals surface area (Å²) >= 11 is 5.45. The Hall–Kier alpha value is 0.140. The number of thiophene rings is 1. The summed E-state index contributed by atoms with van der Waals surface area (Å²) < 4.78 is 1.25. The van der Waals surface area contributed by atoms with Crippen LogP contribution < -0.4 is 5.32 Å². The molecule has 1 heterocycles. The first-order valence-electron chi connectivity index (χ1n) is 6.64. The van der Waals surface area contributed by atoms with Gasteiger partial charge in [0.25, 0.3) is 0 Å². The number of nitrogens with one attached hydrogen (secondary N) is 1. The Kier molecular flexibility index (Phi) is 5.07. The van der Waals surface area contributed by atoms with Crippen molar-refractivity contribution in [3.63, 3.8) is 0 Å². The Morgan fingerprint density at radius 1 is 1.47 bits per heavy atom. The molecule has 1 aliphatic carbocycles. The van der Waals surface area contributed by atoms with Gasteiger partial charge in [0.1, 0.15) is 0 Å². The van der Waals surface area contributed by atoms with Gasteiger partial charge in [0.05, 0.1) is 0 Å². The summed E-state index contributed by atoms with van der Waals surface area (Å²) in [5.41, 5.74) is 0. The maximum atomic E-state index is 3.71. The van der Waals surface area contributed by atoms with E-state index in [9.17, 15) is 0 Å². The number of halogens is 1. The van der Waals surface area contributed by atoms with Gasteiger partial charge in [-0.2, -0.15) is 0 Å². The Bertz CT molecular complexity index is 350. The van der Waals surface area contributed by atoms with Crippen LogP contribution in [0, 0.1) is 11.8 Å². The van der Waals surface area contributed by atoms with E-state index >= 15 is 0 Å². The summed E-state index contributed by atoms with van der Waals surface area (Å²) in [6, 6.07) is 2.61. The van der Waals surface area contributed by atoms with Crippen molar-refractivity contribution in [3.05, 3.63) is 20.8 Å². The van der Waals surface area contributed by atoms with E-state index in [4.69, 9.17) is 0 Å². The van der Waals surface area contributed by atoms with Crippen LogP contribution >= 0.6 is 27.3 Å². The van der Waals surface area contributed by atoms with E-state index in [1.165, 1.54) is 41.6 Å². The minimum Gasteiger partial charge on any atom is -0.309 e. The minimum absolute atomic E-state index is 0.471. The third-order valence-corrected chi connectivity index (χ3v) is 6.07. The molecule has 1 aromatic heterocycles. The molecule has 1 nitrogen and oxygen atoms in total. The Balaban J connectivity index is 1.83. The smallest absolute Gasteiger partial charge is 0.0397 e. The first-order chi connectivity index (χ1) is 8.18. The van der Waals surface area contributed by atoms with Crippen molar-refractivity contribution in [3.8, 4) is 0 Å². The average molecular weight is 316 g/mol. The van der Waals surface area contributed by atoms with Crippen LogP contribution in [0.15, 0.2) is 15.9 Å². The van der Waals surface area contributed by atoms with Crippen molar-refractivity contribution < 1.29 is 0 Å². The normalized spacial score (nSPS) is 27.0. The lowest BCUT2D eigenvalue weighted by molar-refractivity contribution is 0.242. The second kappa shape index (κ2) is 6.35. The highest BCUT2D eigenvalue weighted by atomic mass is 79.9. The molecular formula is C14H22BrNS. The molecule has 0 amide bonds. The molecule has 0 aromatic carbocycles. The van der Waals surface area contributed by atoms with E-state index in [1.54, 1.807) is 0 Å². The van der Waals surface area contributed by atoms with Crippen LogP contribution in [-0.2, 0) is 0 Å². The van der Waals surface area contributed by atoms with Gasteiger partial charge in [0.15, 0.2) is 0 Å². The quantitative estimate of drug-likeness (QED) is 0.825. The molecule has 96 valence electrons. The van der Waals surface area contributed by atoms with Gasteiger partial charge in [-0.1, -0.05) is 26.2 Å². The van der Waals surface area contributed by atoms with Gasteiger partial charge in [0.2, 0.25) is 0 Å². The second-order valence-electron chi connectivity index (χ2n) is 5.28. The molecule has 0 aliphatic heterocycles. The van der Waals surface area contributed by atoms with Crippen LogP contribution in [0.2, 0.25) is 0 Å². The summed E-state index contributed by atoms with van der Waals surface area (Å²) in [5.74, 6) is 1.78. The molecule has 2 rings (SSSR count). The van der Waals surface area contributed by atoms with Gasteiger partial charge in [0, 0.05) is 15.4 Å². The minimum atomic E-state index is 0.471. The maximum absolute atomic E-state index is 3.71. The lowest BCUT2D eigenvalue weighted by Crippen LogP contribution is -2.30. The van der Waals surface area contributed by atoms with Gasteiger partial charge in [-0.05, 0) is 59.1 Å². The van der Waals surface area contributed by atoms with Gasteiger partial charge in [-0.3, -0.25) is 0 Å². The van der Waals surface area contributed by atoms with Crippen LogP contribution in [0.4, 0.5) is 0 Å². The van der Waals surface area contributed by atoms with E-state index in [2.05, 4.69) is 46.5 Å². The van der Waals surface area contributed by atoms with Gasteiger partial charge < -0.3 is 5.32 Å². The average Bonchev–Trinajstić information content (AvgIpc) is 2.74. The molecule has 3 unspecified atom stereocenters. The van der Waals surface area contributed by atoms with E-state index in [0.717, 1.165) is 11.8 Å². The molecule has 0 bridgehead atoms. The van der Waals surface area contributed by atoms with Crippen LogP contribution in [0.25, 0.3) is 0 Å². The molecule has 0 radical (unpaired) electrons. The first-order valence-corrected chi connectivity index (χ1v) is 8.32. The van der Waals surface area contributed by atoms with Crippen LogP contribution in [0.1, 0.15) is 50.4 Å². The lowest BCUT2D eigenvalue weighted by atomic mass is 9.80. The van der Waals surface area contributed by atoms with Crippen molar-refractivity contribution in [2.45, 2.75) is 45.6 Å². The standard InChI is InChI=1S/C14H22BrNS/c1-10-5-3-4-6-12(10)9-16-11(2)14-13(15)7-8-17-14/h7-8,10-12,16H,3-6,9H2,1-2H3. The first kappa shape index (κ1) is 13.6. The predicted octanol–water partition coefficient (Wildman–Crippen LogP) is 4.99. The largest absolute Gasteiger partial charge is 0.309 e. The summed E-state index contributed by atoms with van der Waals surface area (Å²) in [5, 5.41) is 5.86. The molecule has 1 aromatic rings. The van der Waals surface area contributed by atoms with E-state index in [-0.39, 0.29) is 0 Å². The number of hydrogen-bond acceptors (Lipinski definition) is 2. The maximum Gasteiger partial charge on any atom is 0.0397 e. The fraction of sp³-hybridized carbons (Fsp3) is 0.714. The third-order valence-electron chi connectivity index (χ3n) is 4.01. The molecule has 17 heavy (non-hydrogen) atoms. The van der Waals surface area contributed by atoms with Crippen LogP contribution in [0.3, 0.4) is 0 Å². The van der Waals surface area contributed by atoms with E-state index < -0.39 is 0 Å². The zero-order valence-electron chi connectivity index (χ0n) is 10.7. The fourth-order valence-corrected chi connectivity index (χ4v) is 4.48. The summed E-state index contributed by atoms with van der Waals surface area (Å²) in [6.45, 7) is 5.86. The molecule has 3 atom stereocenters. The summed E-state index contributed by atoms with van der Waals surface area (Å²) in [7, 11) is 0. The highest BCUT2D eigenvalue weighted by Crippen LogP contribution is 2.31. The SMILES string of the molecule is CC(NCC1CCCCC1C)c1sccc1Br. The van der Waals surface area contributed by atoms with E-state index in [0.29, 0.717) is 6.04 Å². The zero-order valence-corrected chi connectivity index (χ0v) is 13.1. The highest BCUT2D eigenvalue weighted by molar-refractivity contribution is 9.10. The van der Waals surface area contributed by atoms with Crippen LogP contribution in [-0.4, -0.2) is 6.54 Å². The van der Waals surface area contributed by atoms with Crippen molar-refractivity contribution in [2.75, 3.05) is 6.54 Å².